The normalized spacial score (nSPS) is 13.6. The molecule has 2 heterocycles. The average Bonchev–Trinajstić information content (AvgIpc) is 3.06. The van der Waals surface area contributed by atoms with Crippen molar-refractivity contribution in [3.63, 3.8) is 0 Å². The fourth-order valence-electron chi connectivity index (χ4n) is 1.73. The Morgan fingerprint density at radius 3 is 2.95 bits per heavy atom. The van der Waals surface area contributed by atoms with E-state index in [1.165, 1.54) is 17.4 Å². The van der Waals surface area contributed by atoms with Crippen molar-refractivity contribution in [2.45, 2.75) is 30.9 Å². The lowest BCUT2D eigenvalue weighted by Crippen LogP contribution is -2.29. The molecule has 0 aliphatic heterocycles. The highest BCUT2D eigenvalue weighted by atomic mass is 32.2. The minimum Gasteiger partial charge on any atom is -0.391 e. The standard InChI is InChI=1S/C11H15N3O3S2/c1-2-8(11-12-4-5-13-11)14-19(16,17)10-3-6-18-9(10)7-15/h3-6,8,14-15H,2,7H2,1H3,(H,12,13). The summed E-state index contributed by atoms with van der Waals surface area (Å²) in [4.78, 5) is 7.53. The molecule has 0 aromatic carbocycles. The smallest absolute Gasteiger partial charge is 0.242 e. The second-order valence-corrected chi connectivity index (χ2v) is 6.61. The van der Waals surface area contributed by atoms with Gasteiger partial charge in [0.1, 0.15) is 5.82 Å². The molecule has 8 heteroatoms. The second-order valence-electron chi connectivity index (χ2n) is 3.92. The van der Waals surface area contributed by atoms with Crippen molar-refractivity contribution in [2.75, 3.05) is 0 Å². The third-order valence-electron chi connectivity index (χ3n) is 2.69. The number of thiophene rings is 1. The predicted molar refractivity (Wildman–Crippen MR) is 72.2 cm³/mol. The van der Waals surface area contributed by atoms with Gasteiger partial charge in [-0.2, -0.15) is 0 Å². The summed E-state index contributed by atoms with van der Waals surface area (Å²) in [7, 11) is -3.66. The van der Waals surface area contributed by atoms with Gasteiger partial charge in [0.2, 0.25) is 10.0 Å². The van der Waals surface area contributed by atoms with Crippen LogP contribution in [0.2, 0.25) is 0 Å². The van der Waals surface area contributed by atoms with Crippen molar-refractivity contribution in [1.29, 1.82) is 0 Å². The van der Waals surface area contributed by atoms with Crippen LogP contribution in [0.3, 0.4) is 0 Å². The summed E-state index contributed by atoms with van der Waals surface area (Å²) >= 11 is 1.22. The summed E-state index contributed by atoms with van der Waals surface area (Å²) in [5.74, 6) is 0.576. The Labute approximate surface area is 115 Å². The quantitative estimate of drug-likeness (QED) is 0.751. The zero-order chi connectivity index (χ0) is 13.9. The summed E-state index contributed by atoms with van der Waals surface area (Å²) < 4.78 is 27.2. The molecule has 0 bridgehead atoms. The Morgan fingerprint density at radius 2 is 2.37 bits per heavy atom. The van der Waals surface area contributed by atoms with Crippen molar-refractivity contribution in [1.82, 2.24) is 14.7 Å². The van der Waals surface area contributed by atoms with E-state index >= 15 is 0 Å². The molecule has 2 aromatic rings. The van der Waals surface area contributed by atoms with Crippen molar-refractivity contribution in [3.05, 3.63) is 34.5 Å². The van der Waals surface area contributed by atoms with Crippen LogP contribution in [-0.4, -0.2) is 23.5 Å². The second kappa shape index (κ2) is 5.83. The fraction of sp³-hybridized carbons (Fsp3) is 0.364. The van der Waals surface area contributed by atoms with Crippen LogP contribution in [0.15, 0.2) is 28.7 Å². The number of hydrogen-bond donors (Lipinski definition) is 3. The monoisotopic (exact) mass is 301 g/mol. The first-order valence-electron chi connectivity index (χ1n) is 5.77. The molecule has 3 N–H and O–H groups in total. The average molecular weight is 301 g/mol. The molecular formula is C11H15N3O3S2. The van der Waals surface area contributed by atoms with Crippen molar-refractivity contribution < 1.29 is 13.5 Å². The molecule has 6 nitrogen and oxygen atoms in total. The minimum absolute atomic E-state index is 0.130. The molecule has 1 unspecified atom stereocenters. The van der Waals surface area contributed by atoms with Gasteiger partial charge >= 0.3 is 0 Å². The van der Waals surface area contributed by atoms with Crippen LogP contribution >= 0.6 is 11.3 Å². The van der Waals surface area contributed by atoms with Crippen LogP contribution in [0.5, 0.6) is 0 Å². The van der Waals surface area contributed by atoms with Gasteiger partial charge in [0, 0.05) is 17.3 Å². The van der Waals surface area contributed by atoms with Gasteiger partial charge < -0.3 is 10.1 Å². The van der Waals surface area contributed by atoms with Crippen molar-refractivity contribution in [2.24, 2.45) is 0 Å². The summed E-state index contributed by atoms with van der Waals surface area (Å²) in [5.41, 5.74) is 0. The van der Waals surface area contributed by atoms with E-state index in [4.69, 9.17) is 5.11 Å². The Hall–Kier alpha value is -1.22. The van der Waals surface area contributed by atoms with E-state index in [2.05, 4.69) is 14.7 Å². The van der Waals surface area contributed by atoms with Gasteiger partial charge in [-0.1, -0.05) is 6.92 Å². The molecule has 0 saturated heterocycles. The molecule has 19 heavy (non-hydrogen) atoms. The van der Waals surface area contributed by atoms with E-state index in [1.807, 2.05) is 6.92 Å². The molecule has 0 fully saturated rings. The molecular weight excluding hydrogens is 286 g/mol. The van der Waals surface area contributed by atoms with Crippen LogP contribution in [0.1, 0.15) is 30.1 Å². The van der Waals surface area contributed by atoms with Crippen LogP contribution in [0.4, 0.5) is 0 Å². The highest BCUT2D eigenvalue weighted by molar-refractivity contribution is 7.89. The minimum atomic E-state index is -3.66. The van der Waals surface area contributed by atoms with Gasteiger partial charge in [-0.05, 0) is 17.9 Å². The number of aliphatic hydroxyl groups is 1. The zero-order valence-electron chi connectivity index (χ0n) is 10.3. The van der Waals surface area contributed by atoms with E-state index in [1.54, 1.807) is 17.8 Å². The Kier molecular flexibility index (Phi) is 4.35. The molecule has 104 valence electrons. The first-order chi connectivity index (χ1) is 9.08. The number of hydrogen-bond acceptors (Lipinski definition) is 5. The lowest BCUT2D eigenvalue weighted by atomic mass is 10.2. The topological polar surface area (TPSA) is 95.1 Å². The van der Waals surface area contributed by atoms with Gasteiger partial charge in [-0.15, -0.1) is 11.3 Å². The van der Waals surface area contributed by atoms with Gasteiger partial charge in [0.05, 0.1) is 17.5 Å². The Morgan fingerprint density at radius 1 is 1.58 bits per heavy atom. The van der Waals surface area contributed by atoms with E-state index in [-0.39, 0.29) is 11.5 Å². The maximum atomic E-state index is 12.3. The molecule has 0 amide bonds. The van der Waals surface area contributed by atoms with Crippen LogP contribution in [0.25, 0.3) is 0 Å². The Balaban J connectivity index is 2.26. The number of imidazole rings is 1. The van der Waals surface area contributed by atoms with Gasteiger partial charge in [0.25, 0.3) is 0 Å². The molecule has 0 radical (unpaired) electrons. The van der Waals surface area contributed by atoms with Crippen LogP contribution < -0.4 is 4.72 Å². The molecule has 1 atom stereocenters. The van der Waals surface area contributed by atoms with Gasteiger partial charge in [-0.25, -0.2) is 18.1 Å². The third kappa shape index (κ3) is 3.03. The third-order valence-corrected chi connectivity index (χ3v) is 5.28. The van der Waals surface area contributed by atoms with Gasteiger partial charge in [-0.3, -0.25) is 0 Å². The number of aliphatic hydroxyl groups excluding tert-OH is 1. The van der Waals surface area contributed by atoms with Crippen LogP contribution in [-0.2, 0) is 16.6 Å². The summed E-state index contributed by atoms with van der Waals surface area (Å²) in [5, 5.41) is 10.8. The first-order valence-corrected chi connectivity index (χ1v) is 8.13. The maximum Gasteiger partial charge on any atom is 0.242 e. The molecule has 0 aliphatic carbocycles. The lowest BCUT2D eigenvalue weighted by Gasteiger charge is -2.15. The molecule has 2 aromatic heterocycles. The highest BCUT2D eigenvalue weighted by Crippen LogP contribution is 2.24. The number of rotatable bonds is 6. The maximum absolute atomic E-state index is 12.3. The summed E-state index contributed by atoms with van der Waals surface area (Å²) in [6, 6.07) is 1.08. The molecule has 2 rings (SSSR count). The molecule has 0 aliphatic rings. The van der Waals surface area contributed by atoms with Gasteiger partial charge in [0.15, 0.2) is 0 Å². The highest BCUT2D eigenvalue weighted by Gasteiger charge is 2.24. The zero-order valence-corrected chi connectivity index (χ0v) is 12.0. The van der Waals surface area contributed by atoms with Crippen molar-refractivity contribution in [3.8, 4) is 0 Å². The molecule has 0 spiro atoms. The lowest BCUT2D eigenvalue weighted by molar-refractivity contribution is 0.282. The number of aromatic nitrogens is 2. The van der Waals surface area contributed by atoms with E-state index in [9.17, 15) is 8.42 Å². The number of nitrogens with one attached hydrogen (secondary N) is 2. The van der Waals surface area contributed by atoms with Crippen molar-refractivity contribution >= 4 is 21.4 Å². The van der Waals surface area contributed by atoms with E-state index in [0.717, 1.165) is 0 Å². The van der Waals surface area contributed by atoms with E-state index < -0.39 is 16.1 Å². The number of aromatic amines is 1. The largest absolute Gasteiger partial charge is 0.391 e. The van der Waals surface area contributed by atoms with Crippen LogP contribution in [0, 0.1) is 0 Å². The number of sulfonamides is 1. The number of nitrogens with zero attached hydrogens (tertiary/aromatic N) is 1. The molecule has 0 saturated carbocycles. The summed E-state index contributed by atoms with van der Waals surface area (Å²) in [6.07, 6.45) is 3.80. The predicted octanol–water partition coefficient (Wildman–Crippen LogP) is 1.39. The SMILES string of the molecule is CCC(NS(=O)(=O)c1ccsc1CO)c1ncc[nH]1. The van der Waals surface area contributed by atoms with E-state index in [0.29, 0.717) is 17.1 Å². The summed E-state index contributed by atoms with van der Waals surface area (Å²) in [6.45, 7) is 1.59. The Bertz CT molecular complexity index is 619. The first kappa shape index (κ1) is 14.2. The number of H-pyrrole nitrogens is 1. The fourth-order valence-corrected chi connectivity index (χ4v) is 4.31.